The first-order valence-corrected chi connectivity index (χ1v) is 6.29. The van der Waals surface area contributed by atoms with Crippen LogP contribution in [-0.4, -0.2) is 12.2 Å². The zero-order chi connectivity index (χ0) is 14.0. The molecule has 0 saturated heterocycles. The van der Waals surface area contributed by atoms with E-state index >= 15 is 0 Å². The number of methoxy groups -OCH3 is 1. The molecule has 0 fully saturated rings. The fourth-order valence-corrected chi connectivity index (χ4v) is 2.26. The second-order valence-electron chi connectivity index (χ2n) is 3.94. The van der Waals surface area contributed by atoms with Crippen molar-refractivity contribution in [3.63, 3.8) is 0 Å². The molecule has 0 heterocycles. The van der Waals surface area contributed by atoms with Crippen molar-refractivity contribution in [1.29, 1.82) is 0 Å². The molecule has 2 aromatic rings. The Balaban J connectivity index is 2.38. The van der Waals surface area contributed by atoms with Crippen LogP contribution in [0.2, 0.25) is 0 Å². The molecule has 1 N–H and O–H groups in total. The van der Waals surface area contributed by atoms with E-state index in [0.717, 1.165) is 6.07 Å². The maximum atomic E-state index is 13.4. The molecular formula is C14H11BrF2O2. The predicted octanol–water partition coefficient (Wildman–Crippen LogP) is 3.82. The smallest absolute Gasteiger partial charge is 0.173 e. The number of ether oxygens (including phenoxy) is 1. The fourth-order valence-electron chi connectivity index (χ4n) is 1.72. The fraction of sp³-hybridized carbons (Fsp3) is 0.143. The molecule has 0 aliphatic carbocycles. The molecule has 0 saturated carbocycles. The van der Waals surface area contributed by atoms with Gasteiger partial charge < -0.3 is 9.84 Å². The summed E-state index contributed by atoms with van der Waals surface area (Å²) in [6.07, 6.45) is -1.05. The van der Waals surface area contributed by atoms with Gasteiger partial charge in [0.05, 0.1) is 11.6 Å². The first-order valence-electron chi connectivity index (χ1n) is 5.50. The van der Waals surface area contributed by atoms with Crippen molar-refractivity contribution in [2.24, 2.45) is 0 Å². The molecule has 0 spiro atoms. The van der Waals surface area contributed by atoms with Crippen molar-refractivity contribution >= 4 is 15.9 Å². The molecule has 0 radical (unpaired) electrons. The van der Waals surface area contributed by atoms with Gasteiger partial charge in [0.1, 0.15) is 11.9 Å². The normalized spacial score (nSPS) is 12.3. The number of hydrogen-bond donors (Lipinski definition) is 1. The summed E-state index contributed by atoms with van der Waals surface area (Å²) in [5.41, 5.74) is 0.830. The molecule has 100 valence electrons. The lowest BCUT2D eigenvalue weighted by atomic mass is 10.0. The van der Waals surface area contributed by atoms with Gasteiger partial charge in [-0.05, 0) is 39.7 Å². The minimum Gasteiger partial charge on any atom is -0.497 e. The average Bonchev–Trinajstić information content (AvgIpc) is 2.44. The van der Waals surface area contributed by atoms with E-state index in [4.69, 9.17) is 4.74 Å². The Kier molecular flexibility index (Phi) is 4.17. The summed E-state index contributed by atoms with van der Waals surface area (Å²) in [6, 6.07) is 9.03. The number of aliphatic hydroxyl groups excluding tert-OH is 1. The maximum absolute atomic E-state index is 13.4. The minimum atomic E-state index is -1.05. The van der Waals surface area contributed by atoms with Crippen molar-refractivity contribution in [3.05, 3.63) is 63.6 Å². The second-order valence-corrected chi connectivity index (χ2v) is 4.73. The highest BCUT2D eigenvalue weighted by Crippen LogP contribution is 2.32. The standard InChI is InChI=1S/C14H11BrF2O2/c1-19-9-4-2-8(3-5-9)14(18)10-6-7-11(16)13(17)12(10)15/h2-7,14,18H,1H3. The highest BCUT2D eigenvalue weighted by Gasteiger charge is 2.18. The van der Waals surface area contributed by atoms with Crippen molar-refractivity contribution in [2.45, 2.75) is 6.10 Å². The monoisotopic (exact) mass is 328 g/mol. The van der Waals surface area contributed by atoms with Crippen LogP contribution in [0.5, 0.6) is 5.75 Å². The Morgan fingerprint density at radius 1 is 1.11 bits per heavy atom. The van der Waals surface area contributed by atoms with E-state index in [2.05, 4.69) is 15.9 Å². The first-order chi connectivity index (χ1) is 9.04. The number of benzene rings is 2. The van der Waals surface area contributed by atoms with Gasteiger partial charge in [0.25, 0.3) is 0 Å². The van der Waals surface area contributed by atoms with Crippen molar-refractivity contribution in [3.8, 4) is 5.75 Å². The first kappa shape index (κ1) is 14.0. The molecule has 0 aromatic heterocycles. The van der Waals surface area contributed by atoms with Gasteiger partial charge in [-0.3, -0.25) is 0 Å². The van der Waals surface area contributed by atoms with Gasteiger partial charge in [0.15, 0.2) is 11.6 Å². The largest absolute Gasteiger partial charge is 0.497 e. The average molecular weight is 329 g/mol. The Morgan fingerprint density at radius 3 is 2.32 bits per heavy atom. The molecule has 0 amide bonds. The zero-order valence-corrected chi connectivity index (χ0v) is 11.6. The maximum Gasteiger partial charge on any atom is 0.173 e. The van der Waals surface area contributed by atoms with Gasteiger partial charge in [-0.15, -0.1) is 0 Å². The highest BCUT2D eigenvalue weighted by atomic mass is 79.9. The van der Waals surface area contributed by atoms with Crippen LogP contribution >= 0.6 is 15.9 Å². The third kappa shape index (κ3) is 2.77. The van der Waals surface area contributed by atoms with Gasteiger partial charge >= 0.3 is 0 Å². The van der Waals surface area contributed by atoms with E-state index in [0.29, 0.717) is 11.3 Å². The lowest BCUT2D eigenvalue weighted by Gasteiger charge is -2.14. The summed E-state index contributed by atoms with van der Waals surface area (Å²) in [7, 11) is 1.54. The SMILES string of the molecule is COc1ccc(C(O)c2ccc(F)c(F)c2Br)cc1. The summed E-state index contributed by atoms with van der Waals surface area (Å²) < 4.78 is 31.4. The molecule has 2 rings (SSSR count). The van der Waals surface area contributed by atoms with E-state index in [1.165, 1.54) is 13.2 Å². The lowest BCUT2D eigenvalue weighted by molar-refractivity contribution is 0.218. The van der Waals surface area contributed by atoms with Gasteiger partial charge in [0.2, 0.25) is 0 Å². The topological polar surface area (TPSA) is 29.5 Å². The Hall–Kier alpha value is -1.46. The number of aliphatic hydroxyl groups is 1. The van der Waals surface area contributed by atoms with Crippen LogP contribution in [0, 0.1) is 11.6 Å². The van der Waals surface area contributed by atoms with Crippen LogP contribution in [0.15, 0.2) is 40.9 Å². The Bertz CT molecular complexity index is 585. The van der Waals surface area contributed by atoms with E-state index in [1.807, 2.05) is 0 Å². The van der Waals surface area contributed by atoms with E-state index in [9.17, 15) is 13.9 Å². The van der Waals surface area contributed by atoms with Crippen LogP contribution in [0.3, 0.4) is 0 Å². The molecular weight excluding hydrogens is 318 g/mol. The van der Waals surface area contributed by atoms with Crippen LogP contribution in [0.1, 0.15) is 17.2 Å². The Morgan fingerprint density at radius 2 is 1.74 bits per heavy atom. The number of hydrogen-bond acceptors (Lipinski definition) is 2. The predicted molar refractivity (Wildman–Crippen MR) is 71.1 cm³/mol. The van der Waals surface area contributed by atoms with Gasteiger partial charge in [-0.2, -0.15) is 0 Å². The van der Waals surface area contributed by atoms with Crippen molar-refractivity contribution < 1.29 is 18.6 Å². The van der Waals surface area contributed by atoms with Crippen LogP contribution in [-0.2, 0) is 0 Å². The number of halogens is 3. The molecule has 0 bridgehead atoms. The summed E-state index contributed by atoms with van der Waals surface area (Å²) in [4.78, 5) is 0. The number of rotatable bonds is 3. The third-order valence-electron chi connectivity index (χ3n) is 2.79. The summed E-state index contributed by atoms with van der Waals surface area (Å²) in [5, 5.41) is 10.2. The highest BCUT2D eigenvalue weighted by molar-refractivity contribution is 9.10. The minimum absolute atomic E-state index is 0.0733. The van der Waals surface area contributed by atoms with Crippen LogP contribution < -0.4 is 4.74 Å². The zero-order valence-electron chi connectivity index (χ0n) is 10.0. The van der Waals surface area contributed by atoms with E-state index in [1.54, 1.807) is 24.3 Å². The molecule has 5 heteroatoms. The van der Waals surface area contributed by atoms with Crippen molar-refractivity contribution in [1.82, 2.24) is 0 Å². The van der Waals surface area contributed by atoms with E-state index < -0.39 is 17.7 Å². The second kappa shape index (κ2) is 5.67. The molecule has 0 aliphatic rings. The molecule has 0 aliphatic heterocycles. The van der Waals surface area contributed by atoms with E-state index in [-0.39, 0.29) is 10.0 Å². The summed E-state index contributed by atoms with van der Waals surface area (Å²) >= 11 is 2.96. The van der Waals surface area contributed by atoms with Gasteiger partial charge in [-0.25, -0.2) is 8.78 Å². The van der Waals surface area contributed by atoms with Crippen molar-refractivity contribution in [2.75, 3.05) is 7.11 Å². The molecule has 19 heavy (non-hydrogen) atoms. The third-order valence-corrected chi connectivity index (χ3v) is 3.60. The molecule has 2 aromatic carbocycles. The summed E-state index contributed by atoms with van der Waals surface area (Å²) in [6.45, 7) is 0. The van der Waals surface area contributed by atoms with Gasteiger partial charge in [-0.1, -0.05) is 18.2 Å². The lowest BCUT2D eigenvalue weighted by Crippen LogP contribution is -2.03. The molecule has 1 atom stereocenters. The van der Waals surface area contributed by atoms with Crippen LogP contribution in [0.25, 0.3) is 0 Å². The summed E-state index contributed by atoms with van der Waals surface area (Å²) in [5.74, 6) is -1.32. The Labute approximate surface area is 117 Å². The quantitative estimate of drug-likeness (QED) is 0.868. The molecule has 1 unspecified atom stereocenters. The van der Waals surface area contributed by atoms with Gasteiger partial charge in [0, 0.05) is 5.56 Å². The molecule has 2 nitrogen and oxygen atoms in total. The van der Waals surface area contributed by atoms with Crippen LogP contribution in [0.4, 0.5) is 8.78 Å².